The van der Waals surface area contributed by atoms with Gasteiger partial charge in [0.05, 0.1) is 0 Å². The largest absolute Gasteiger partial charge is 0.394 e. The van der Waals surface area contributed by atoms with Gasteiger partial charge in [-0.05, 0) is 47.4 Å². The standard InChI is InChI=1S/C17H23N/c1-13(2)16(11-8-12-18-5)15(4)17-10-7-6-9-14(17)3/h6-13,18H,4H2,1-3,5H3/b12-8-,16-11-. The van der Waals surface area contributed by atoms with E-state index in [0.29, 0.717) is 5.92 Å². The van der Waals surface area contributed by atoms with Crippen molar-refractivity contribution in [1.82, 2.24) is 5.32 Å². The minimum atomic E-state index is 0.457. The lowest BCUT2D eigenvalue weighted by molar-refractivity contribution is 0.797. The van der Waals surface area contributed by atoms with E-state index in [2.05, 4.69) is 63.0 Å². The molecule has 0 amide bonds. The summed E-state index contributed by atoms with van der Waals surface area (Å²) in [5.74, 6) is 0.457. The van der Waals surface area contributed by atoms with Crippen LogP contribution in [0.3, 0.4) is 0 Å². The summed E-state index contributed by atoms with van der Waals surface area (Å²) in [4.78, 5) is 0. The van der Waals surface area contributed by atoms with Gasteiger partial charge in [0.15, 0.2) is 0 Å². The van der Waals surface area contributed by atoms with E-state index >= 15 is 0 Å². The summed E-state index contributed by atoms with van der Waals surface area (Å²) in [6, 6.07) is 8.39. The van der Waals surface area contributed by atoms with Crippen molar-refractivity contribution in [2.75, 3.05) is 7.05 Å². The van der Waals surface area contributed by atoms with Gasteiger partial charge in [-0.1, -0.05) is 50.8 Å². The van der Waals surface area contributed by atoms with Crippen LogP contribution in [0.5, 0.6) is 0 Å². The third kappa shape index (κ3) is 3.63. The molecule has 1 aromatic carbocycles. The molecule has 0 unspecified atom stereocenters. The number of aryl methyl sites for hydroxylation is 1. The summed E-state index contributed by atoms with van der Waals surface area (Å²) in [6.07, 6.45) is 6.09. The first-order valence-corrected chi connectivity index (χ1v) is 6.37. The van der Waals surface area contributed by atoms with Gasteiger partial charge < -0.3 is 5.32 Å². The van der Waals surface area contributed by atoms with Crippen molar-refractivity contribution in [2.24, 2.45) is 5.92 Å². The van der Waals surface area contributed by atoms with Gasteiger partial charge in [-0.25, -0.2) is 0 Å². The Hall–Kier alpha value is -1.76. The number of rotatable bonds is 5. The Balaban J connectivity index is 3.08. The molecular formula is C17H23N. The zero-order valence-electron chi connectivity index (χ0n) is 11.8. The summed E-state index contributed by atoms with van der Waals surface area (Å²) < 4.78 is 0. The average Bonchev–Trinajstić information content (AvgIpc) is 2.34. The Bertz CT molecular complexity index is 464. The number of hydrogen-bond acceptors (Lipinski definition) is 1. The Morgan fingerprint density at radius 2 is 1.94 bits per heavy atom. The van der Waals surface area contributed by atoms with Gasteiger partial charge in [0, 0.05) is 7.05 Å². The number of nitrogens with one attached hydrogen (secondary N) is 1. The summed E-state index contributed by atoms with van der Waals surface area (Å²) in [6.45, 7) is 10.8. The minimum Gasteiger partial charge on any atom is -0.394 e. The van der Waals surface area contributed by atoms with Crippen LogP contribution in [0, 0.1) is 12.8 Å². The Morgan fingerprint density at radius 3 is 2.50 bits per heavy atom. The molecule has 0 spiro atoms. The third-order valence-electron chi connectivity index (χ3n) is 2.98. The smallest absolute Gasteiger partial charge is 0.00277 e. The molecule has 96 valence electrons. The van der Waals surface area contributed by atoms with E-state index in [1.54, 1.807) is 0 Å². The van der Waals surface area contributed by atoms with Crippen LogP contribution in [0.15, 0.2) is 54.8 Å². The summed E-state index contributed by atoms with van der Waals surface area (Å²) in [5.41, 5.74) is 4.89. The highest BCUT2D eigenvalue weighted by Gasteiger charge is 2.10. The fraction of sp³-hybridized carbons (Fsp3) is 0.294. The average molecular weight is 241 g/mol. The molecule has 1 heteroatoms. The highest BCUT2D eigenvalue weighted by atomic mass is 14.8. The molecule has 0 bridgehead atoms. The highest BCUT2D eigenvalue weighted by Crippen LogP contribution is 2.29. The quantitative estimate of drug-likeness (QED) is 0.757. The van der Waals surface area contributed by atoms with Gasteiger partial charge in [-0.3, -0.25) is 0 Å². The van der Waals surface area contributed by atoms with Crippen LogP contribution in [-0.4, -0.2) is 7.05 Å². The molecule has 18 heavy (non-hydrogen) atoms. The molecule has 0 aliphatic carbocycles. The maximum atomic E-state index is 4.26. The van der Waals surface area contributed by atoms with Gasteiger partial charge in [-0.2, -0.15) is 0 Å². The first kappa shape index (κ1) is 14.3. The predicted molar refractivity (Wildman–Crippen MR) is 81.3 cm³/mol. The van der Waals surface area contributed by atoms with Crippen molar-refractivity contribution in [1.29, 1.82) is 0 Å². The van der Waals surface area contributed by atoms with E-state index in [4.69, 9.17) is 0 Å². The lowest BCUT2D eigenvalue weighted by Crippen LogP contribution is -1.99. The molecule has 0 fully saturated rings. The van der Waals surface area contributed by atoms with E-state index in [-0.39, 0.29) is 0 Å². The first-order chi connectivity index (χ1) is 8.57. The normalized spacial score (nSPS) is 12.2. The molecule has 0 saturated carbocycles. The molecule has 1 nitrogen and oxygen atoms in total. The van der Waals surface area contributed by atoms with Crippen LogP contribution in [0.1, 0.15) is 25.0 Å². The summed E-state index contributed by atoms with van der Waals surface area (Å²) in [7, 11) is 1.90. The minimum absolute atomic E-state index is 0.457. The molecular weight excluding hydrogens is 218 g/mol. The van der Waals surface area contributed by atoms with Crippen LogP contribution >= 0.6 is 0 Å². The number of hydrogen-bond donors (Lipinski definition) is 1. The summed E-state index contributed by atoms with van der Waals surface area (Å²) in [5, 5.41) is 3.00. The SMILES string of the molecule is C=C(/C(=C\C=C/NC)C(C)C)c1ccccc1C. The molecule has 1 N–H and O–H groups in total. The second kappa shape index (κ2) is 6.85. The van der Waals surface area contributed by atoms with Crippen LogP contribution in [0.2, 0.25) is 0 Å². The van der Waals surface area contributed by atoms with Crippen molar-refractivity contribution < 1.29 is 0 Å². The molecule has 0 aliphatic heterocycles. The summed E-state index contributed by atoms with van der Waals surface area (Å²) >= 11 is 0. The topological polar surface area (TPSA) is 12.0 Å². The van der Waals surface area contributed by atoms with E-state index < -0.39 is 0 Å². The van der Waals surface area contributed by atoms with Gasteiger partial charge in [0.1, 0.15) is 0 Å². The Morgan fingerprint density at radius 1 is 1.28 bits per heavy atom. The maximum Gasteiger partial charge on any atom is 0.00277 e. The molecule has 0 aromatic heterocycles. The Kier molecular flexibility index (Phi) is 5.44. The monoisotopic (exact) mass is 241 g/mol. The molecule has 0 radical (unpaired) electrons. The lowest BCUT2D eigenvalue weighted by atomic mass is 9.89. The van der Waals surface area contributed by atoms with Crippen LogP contribution in [0.25, 0.3) is 5.57 Å². The fourth-order valence-electron chi connectivity index (χ4n) is 1.96. The van der Waals surface area contributed by atoms with Crippen LogP contribution in [-0.2, 0) is 0 Å². The van der Waals surface area contributed by atoms with E-state index in [1.807, 2.05) is 19.3 Å². The van der Waals surface area contributed by atoms with E-state index in [1.165, 1.54) is 16.7 Å². The van der Waals surface area contributed by atoms with E-state index in [9.17, 15) is 0 Å². The molecule has 1 rings (SSSR count). The molecule has 0 atom stereocenters. The van der Waals surface area contributed by atoms with E-state index in [0.717, 1.165) is 5.57 Å². The molecule has 0 aliphatic rings. The zero-order chi connectivity index (χ0) is 13.5. The molecule has 0 heterocycles. The molecule has 1 aromatic rings. The fourth-order valence-corrected chi connectivity index (χ4v) is 1.96. The van der Waals surface area contributed by atoms with Crippen molar-refractivity contribution in [3.05, 3.63) is 65.9 Å². The van der Waals surface area contributed by atoms with Gasteiger partial charge in [0.25, 0.3) is 0 Å². The van der Waals surface area contributed by atoms with Crippen molar-refractivity contribution in [2.45, 2.75) is 20.8 Å². The van der Waals surface area contributed by atoms with Gasteiger partial charge in [0.2, 0.25) is 0 Å². The van der Waals surface area contributed by atoms with Gasteiger partial charge >= 0.3 is 0 Å². The second-order valence-corrected chi connectivity index (χ2v) is 4.72. The maximum absolute atomic E-state index is 4.26. The first-order valence-electron chi connectivity index (χ1n) is 6.37. The second-order valence-electron chi connectivity index (χ2n) is 4.72. The van der Waals surface area contributed by atoms with Crippen LogP contribution in [0.4, 0.5) is 0 Å². The van der Waals surface area contributed by atoms with Crippen molar-refractivity contribution in [3.8, 4) is 0 Å². The van der Waals surface area contributed by atoms with Crippen LogP contribution < -0.4 is 5.32 Å². The number of benzene rings is 1. The third-order valence-corrected chi connectivity index (χ3v) is 2.98. The highest BCUT2D eigenvalue weighted by molar-refractivity contribution is 5.79. The zero-order valence-corrected chi connectivity index (χ0v) is 11.8. The van der Waals surface area contributed by atoms with Crippen molar-refractivity contribution >= 4 is 5.57 Å². The Labute approximate surface area is 111 Å². The molecule has 0 saturated heterocycles. The predicted octanol–water partition coefficient (Wildman–Crippen LogP) is 4.32. The lowest BCUT2D eigenvalue weighted by Gasteiger charge is -2.16. The van der Waals surface area contributed by atoms with Gasteiger partial charge in [-0.15, -0.1) is 0 Å². The van der Waals surface area contributed by atoms with Crippen molar-refractivity contribution in [3.63, 3.8) is 0 Å². The number of allylic oxidation sites excluding steroid dienone is 4.